The van der Waals surface area contributed by atoms with Crippen LogP contribution in [0.1, 0.15) is 18.7 Å². The van der Waals surface area contributed by atoms with Gasteiger partial charge in [-0.15, -0.1) is 0 Å². The Balaban J connectivity index is 1.54. The normalized spacial score (nSPS) is 19.2. The zero-order chi connectivity index (χ0) is 14.9. The Labute approximate surface area is 130 Å². The molecule has 0 N–H and O–H groups in total. The average molecular weight is 295 g/mol. The summed E-state index contributed by atoms with van der Waals surface area (Å²) in [4.78, 5) is 7.35. The third-order valence-electron chi connectivity index (χ3n) is 4.68. The van der Waals surface area contributed by atoms with Crippen LogP contribution in [0.5, 0.6) is 0 Å². The molecule has 1 atom stereocenters. The van der Waals surface area contributed by atoms with Crippen molar-refractivity contribution in [1.29, 1.82) is 0 Å². The second-order valence-electron chi connectivity index (χ2n) is 6.07. The maximum Gasteiger partial charge on any atom is 0.123 e. The Kier molecular flexibility index (Phi) is 3.42. The first-order valence-electron chi connectivity index (χ1n) is 7.93. The highest BCUT2D eigenvalue weighted by Gasteiger charge is 2.26. The molecule has 0 radical (unpaired) electrons. The molecule has 22 heavy (non-hydrogen) atoms. The van der Waals surface area contributed by atoms with Gasteiger partial charge in [-0.2, -0.15) is 5.10 Å². The molecule has 3 heterocycles. The number of hydrogen-bond donors (Lipinski definition) is 0. The number of benzene rings is 1. The molecule has 1 fully saturated rings. The van der Waals surface area contributed by atoms with E-state index in [1.165, 1.54) is 18.4 Å². The molecule has 1 aliphatic rings. The van der Waals surface area contributed by atoms with Gasteiger partial charge >= 0.3 is 0 Å². The van der Waals surface area contributed by atoms with E-state index < -0.39 is 0 Å². The van der Waals surface area contributed by atoms with Gasteiger partial charge in [-0.1, -0.05) is 12.1 Å². The number of fused-ring (bicyclic) bond motifs is 1. The summed E-state index contributed by atoms with van der Waals surface area (Å²) >= 11 is 0. The highest BCUT2D eigenvalue weighted by Crippen LogP contribution is 2.22. The van der Waals surface area contributed by atoms with Crippen LogP contribution in [0.4, 0.5) is 0 Å². The van der Waals surface area contributed by atoms with E-state index in [2.05, 4.69) is 45.9 Å². The Morgan fingerprint density at radius 2 is 2.14 bits per heavy atom. The van der Waals surface area contributed by atoms with E-state index in [1.807, 2.05) is 23.1 Å². The van der Waals surface area contributed by atoms with Crippen molar-refractivity contribution in [2.24, 2.45) is 7.05 Å². The molecular formula is C17H21N5. The molecule has 3 aromatic rings. The Bertz CT molecular complexity index is 759. The Morgan fingerprint density at radius 1 is 1.23 bits per heavy atom. The lowest BCUT2D eigenvalue weighted by Gasteiger charge is -2.24. The molecule has 1 aromatic carbocycles. The number of para-hydroxylation sites is 2. The van der Waals surface area contributed by atoms with Crippen LogP contribution in [0.3, 0.4) is 0 Å². The van der Waals surface area contributed by atoms with Gasteiger partial charge in [0.15, 0.2) is 0 Å². The summed E-state index contributed by atoms with van der Waals surface area (Å²) in [7, 11) is 2.11. The first-order valence-corrected chi connectivity index (χ1v) is 7.93. The number of hydrogen-bond acceptors (Lipinski definition) is 3. The molecule has 4 rings (SSSR count). The third kappa shape index (κ3) is 2.41. The lowest BCUT2D eigenvalue weighted by Crippen LogP contribution is -2.33. The quantitative estimate of drug-likeness (QED) is 0.742. The number of nitrogens with zero attached hydrogens (tertiary/aromatic N) is 5. The van der Waals surface area contributed by atoms with E-state index in [-0.39, 0.29) is 0 Å². The van der Waals surface area contributed by atoms with E-state index in [0.717, 1.165) is 31.0 Å². The van der Waals surface area contributed by atoms with E-state index >= 15 is 0 Å². The minimum absolute atomic E-state index is 0.555. The fourth-order valence-corrected chi connectivity index (χ4v) is 3.45. The number of likely N-dealkylation sites (tertiary alicyclic amines) is 1. The lowest BCUT2D eigenvalue weighted by molar-refractivity contribution is 0.213. The second-order valence-corrected chi connectivity index (χ2v) is 6.07. The fraction of sp³-hybridized carbons (Fsp3) is 0.412. The van der Waals surface area contributed by atoms with Crippen LogP contribution < -0.4 is 0 Å². The Morgan fingerprint density at radius 3 is 2.95 bits per heavy atom. The van der Waals surface area contributed by atoms with Crippen LogP contribution in [0.2, 0.25) is 0 Å². The molecule has 0 spiro atoms. The van der Waals surface area contributed by atoms with Crippen LogP contribution in [-0.2, 0) is 20.1 Å². The van der Waals surface area contributed by atoms with Crippen molar-refractivity contribution in [3.63, 3.8) is 0 Å². The molecule has 2 aromatic heterocycles. The summed E-state index contributed by atoms with van der Waals surface area (Å²) in [6.07, 6.45) is 6.40. The molecule has 0 unspecified atom stereocenters. The summed E-state index contributed by atoms with van der Waals surface area (Å²) in [5.41, 5.74) is 2.29. The maximum atomic E-state index is 4.81. The van der Waals surface area contributed by atoms with Gasteiger partial charge in [0.05, 0.1) is 24.1 Å². The highest BCUT2D eigenvalue weighted by atomic mass is 15.3. The van der Waals surface area contributed by atoms with E-state index in [4.69, 9.17) is 4.98 Å². The molecule has 5 nitrogen and oxygen atoms in total. The molecule has 5 heteroatoms. The second kappa shape index (κ2) is 5.57. The SMILES string of the molecule is Cn1c(CN2CCC[C@@H]2Cn2cccn2)nc2ccccc21. The van der Waals surface area contributed by atoms with Gasteiger partial charge in [-0.25, -0.2) is 4.98 Å². The molecule has 114 valence electrons. The number of aromatic nitrogens is 4. The predicted molar refractivity (Wildman–Crippen MR) is 86.4 cm³/mol. The van der Waals surface area contributed by atoms with Gasteiger partial charge < -0.3 is 4.57 Å². The molecular weight excluding hydrogens is 274 g/mol. The van der Waals surface area contributed by atoms with Crippen molar-refractivity contribution in [2.75, 3.05) is 6.54 Å². The molecule has 1 saturated heterocycles. The predicted octanol–water partition coefficient (Wildman–Crippen LogP) is 2.43. The minimum atomic E-state index is 0.555. The zero-order valence-electron chi connectivity index (χ0n) is 12.9. The average Bonchev–Trinajstić information content (AvgIpc) is 3.25. The number of aryl methyl sites for hydroxylation is 1. The maximum absolute atomic E-state index is 4.81. The van der Waals surface area contributed by atoms with Crippen molar-refractivity contribution >= 4 is 11.0 Å². The first-order chi connectivity index (χ1) is 10.8. The third-order valence-corrected chi connectivity index (χ3v) is 4.68. The lowest BCUT2D eigenvalue weighted by atomic mass is 10.2. The largest absolute Gasteiger partial charge is 0.330 e. The van der Waals surface area contributed by atoms with E-state index in [1.54, 1.807) is 0 Å². The van der Waals surface area contributed by atoms with Crippen molar-refractivity contribution < 1.29 is 0 Å². The summed E-state index contributed by atoms with van der Waals surface area (Å²) in [6.45, 7) is 3.03. The van der Waals surface area contributed by atoms with E-state index in [0.29, 0.717) is 6.04 Å². The van der Waals surface area contributed by atoms with Crippen molar-refractivity contribution in [2.45, 2.75) is 32.0 Å². The monoisotopic (exact) mass is 295 g/mol. The number of rotatable bonds is 4. The number of imidazole rings is 1. The Hall–Kier alpha value is -2.14. The smallest absolute Gasteiger partial charge is 0.123 e. The van der Waals surface area contributed by atoms with Gasteiger partial charge in [0.1, 0.15) is 5.82 Å². The van der Waals surface area contributed by atoms with Gasteiger partial charge in [-0.05, 0) is 37.6 Å². The molecule has 0 bridgehead atoms. The van der Waals surface area contributed by atoms with Crippen LogP contribution in [0.25, 0.3) is 11.0 Å². The van der Waals surface area contributed by atoms with Crippen LogP contribution in [0, 0.1) is 0 Å². The van der Waals surface area contributed by atoms with Gasteiger partial charge in [0.2, 0.25) is 0 Å². The minimum Gasteiger partial charge on any atom is -0.330 e. The van der Waals surface area contributed by atoms with Crippen LogP contribution in [0.15, 0.2) is 42.7 Å². The summed E-state index contributed by atoms with van der Waals surface area (Å²) < 4.78 is 4.26. The summed E-state index contributed by atoms with van der Waals surface area (Å²) in [6, 6.07) is 10.9. The first kappa shape index (κ1) is 13.5. The fourth-order valence-electron chi connectivity index (χ4n) is 3.45. The van der Waals surface area contributed by atoms with Crippen molar-refractivity contribution in [1.82, 2.24) is 24.2 Å². The van der Waals surface area contributed by atoms with Crippen molar-refractivity contribution in [3.05, 3.63) is 48.5 Å². The van der Waals surface area contributed by atoms with E-state index in [9.17, 15) is 0 Å². The molecule has 0 aliphatic carbocycles. The van der Waals surface area contributed by atoms with Gasteiger partial charge in [0.25, 0.3) is 0 Å². The van der Waals surface area contributed by atoms with Crippen molar-refractivity contribution in [3.8, 4) is 0 Å². The summed E-state index contributed by atoms with van der Waals surface area (Å²) in [5.74, 6) is 1.15. The molecule has 0 saturated carbocycles. The molecule has 0 amide bonds. The van der Waals surface area contributed by atoms with Crippen LogP contribution >= 0.6 is 0 Å². The standard InChI is InChI=1S/C17H21N5/c1-20-16-8-3-2-7-15(16)19-17(20)13-21-10-4-6-14(21)12-22-11-5-9-18-22/h2-3,5,7-9,11,14H,4,6,10,12-13H2,1H3/t14-/m1/s1. The summed E-state index contributed by atoms with van der Waals surface area (Å²) in [5, 5.41) is 4.34. The van der Waals surface area contributed by atoms with Gasteiger partial charge in [-0.3, -0.25) is 9.58 Å². The van der Waals surface area contributed by atoms with Crippen LogP contribution in [-0.4, -0.2) is 36.8 Å². The van der Waals surface area contributed by atoms with Gasteiger partial charge in [0, 0.05) is 25.5 Å². The molecule has 1 aliphatic heterocycles. The topological polar surface area (TPSA) is 38.9 Å². The zero-order valence-corrected chi connectivity index (χ0v) is 12.9. The highest BCUT2D eigenvalue weighted by molar-refractivity contribution is 5.75.